The molecule has 0 saturated carbocycles. The zero-order valence-electron chi connectivity index (χ0n) is 21.6. The van der Waals surface area contributed by atoms with Crippen LogP contribution in [-0.4, -0.2) is 32.5 Å². The van der Waals surface area contributed by atoms with Gasteiger partial charge in [-0.1, -0.05) is 41.0 Å². The fraction of sp³-hybridized carbons (Fsp3) is 0.172. The number of halogens is 1. The number of methoxy groups -OCH3 is 2. The molecule has 0 aromatic heterocycles. The van der Waals surface area contributed by atoms with Gasteiger partial charge in [-0.25, -0.2) is 4.79 Å². The molecule has 3 rings (SSSR count). The molecule has 3 aromatic rings. The van der Waals surface area contributed by atoms with Crippen LogP contribution in [0.5, 0.6) is 11.5 Å². The van der Waals surface area contributed by atoms with Crippen LogP contribution in [0.15, 0.2) is 89.8 Å². The summed E-state index contributed by atoms with van der Waals surface area (Å²) in [7, 11) is 2.74. The van der Waals surface area contributed by atoms with Crippen molar-refractivity contribution in [1.29, 1.82) is 0 Å². The smallest absolute Gasteiger partial charge is 0.341 e. The molecule has 0 amide bonds. The van der Waals surface area contributed by atoms with E-state index in [4.69, 9.17) is 41.4 Å². The van der Waals surface area contributed by atoms with E-state index in [1.54, 1.807) is 55.5 Å². The summed E-state index contributed by atoms with van der Waals surface area (Å²) in [4.78, 5) is 23.3. The number of carbonyl (C=O) groups excluding carboxylic acids is 1. The van der Waals surface area contributed by atoms with Crippen LogP contribution in [0.4, 0.5) is 0 Å². The maximum Gasteiger partial charge on any atom is 0.341 e. The number of rotatable bonds is 11. The molecule has 9 heteroatoms. The van der Waals surface area contributed by atoms with E-state index in [1.807, 2.05) is 31.2 Å². The molecule has 0 heterocycles. The van der Waals surface area contributed by atoms with Gasteiger partial charge in [0.25, 0.3) is 0 Å². The molecule has 2 N–H and O–H groups in total. The number of hydrogen-bond donors (Lipinski definition) is 1. The number of oxime groups is 1. The second-order valence-corrected chi connectivity index (χ2v) is 8.25. The first-order valence-corrected chi connectivity index (χ1v) is 12.0. The van der Waals surface area contributed by atoms with Crippen LogP contribution >= 0.6 is 11.6 Å². The average molecular weight is 537 g/mol. The minimum Gasteiger partial charge on any atom is -0.503 e. The zero-order valence-corrected chi connectivity index (χ0v) is 22.3. The van der Waals surface area contributed by atoms with E-state index >= 15 is 0 Å². The van der Waals surface area contributed by atoms with Gasteiger partial charge in [0.2, 0.25) is 0 Å². The molecule has 3 aromatic carbocycles. The van der Waals surface area contributed by atoms with Crippen molar-refractivity contribution in [2.45, 2.75) is 13.8 Å². The molecule has 0 atom stereocenters. The minimum absolute atomic E-state index is 0.194. The molecular formula is C29H29ClN2O6. The van der Waals surface area contributed by atoms with E-state index in [2.05, 4.69) is 5.16 Å². The standard InChI is InChI=1S/C29H29ClN2O6/c1-5-36-32-27(20-10-14-22(15-11-20)37-23-16-12-21(30)13-17-23)19(2)28(38-31)25-9-7-6-8-24(25)26(18-34-3)29(33)35-4/h6-18H,5,31H2,1-4H3. The number of esters is 1. The van der Waals surface area contributed by atoms with E-state index < -0.39 is 5.97 Å². The van der Waals surface area contributed by atoms with Gasteiger partial charge in [0.1, 0.15) is 29.4 Å². The summed E-state index contributed by atoms with van der Waals surface area (Å²) in [5.41, 5.74) is 3.01. The van der Waals surface area contributed by atoms with Crippen LogP contribution in [0, 0.1) is 0 Å². The Hall–Kier alpha value is -4.27. The summed E-state index contributed by atoms with van der Waals surface area (Å²) in [6, 6.07) is 21.5. The number of benzene rings is 3. The van der Waals surface area contributed by atoms with Crippen molar-refractivity contribution in [1.82, 2.24) is 0 Å². The van der Waals surface area contributed by atoms with Crippen molar-refractivity contribution < 1.29 is 28.7 Å². The van der Waals surface area contributed by atoms with Crippen LogP contribution in [0.2, 0.25) is 5.02 Å². The molecule has 0 radical (unpaired) electrons. The Balaban J connectivity index is 2.06. The monoisotopic (exact) mass is 536 g/mol. The molecule has 0 unspecified atom stereocenters. The highest BCUT2D eigenvalue weighted by Crippen LogP contribution is 2.31. The lowest BCUT2D eigenvalue weighted by molar-refractivity contribution is -0.133. The molecule has 0 fully saturated rings. The Morgan fingerprint density at radius 2 is 1.55 bits per heavy atom. The second kappa shape index (κ2) is 13.9. The number of hydrogen-bond acceptors (Lipinski definition) is 8. The summed E-state index contributed by atoms with van der Waals surface area (Å²) in [5.74, 6) is 6.76. The number of ether oxygens (including phenoxy) is 3. The Kier molecular flexibility index (Phi) is 10.3. The molecule has 0 spiro atoms. The third-order valence-corrected chi connectivity index (χ3v) is 5.63. The molecule has 0 aliphatic heterocycles. The Labute approximate surface area is 226 Å². The molecule has 0 aliphatic carbocycles. The van der Waals surface area contributed by atoms with Crippen LogP contribution in [0.1, 0.15) is 30.5 Å². The number of nitrogens with two attached hydrogens (primary N) is 1. The molecule has 38 heavy (non-hydrogen) atoms. The van der Waals surface area contributed by atoms with E-state index in [9.17, 15) is 4.79 Å². The second-order valence-electron chi connectivity index (χ2n) is 7.81. The number of nitrogens with zero attached hydrogens (tertiary/aromatic N) is 1. The van der Waals surface area contributed by atoms with Gasteiger partial charge in [-0.15, -0.1) is 0 Å². The van der Waals surface area contributed by atoms with Crippen molar-refractivity contribution in [2.24, 2.45) is 11.1 Å². The zero-order chi connectivity index (χ0) is 27.5. The maximum atomic E-state index is 12.5. The van der Waals surface area contributed by atoms with Crippen LogP contribution in [0.3, 0.4) is 0 Å². The summed E-state index contributed by atoms with van der Waals surface area (Å²) < 4.78 is 16.0. The summed E-state index contributed by atoms with van der Waals surface area (Å²) in [6.07, 6.45) is 1.31. The van der Waals surface area contributed by atoms with Crippen molar-refractivity contribution >= 4 is 34.6 Å². The van der Waals surface area contributed by atoms with Gasteiger partial charge in [0.05, 0.1) is 20.5 Å². The quantitative estimate of drug-likeness (QED) is 0.100. The van der Waals surface area contributed by atoms with E-state index in [0.717, 1.165) is 5.56 Å². The predicted molar refractivity (Wildman–Crippen MR) is 147 cm³/mol. The van der Waals surface area contributed by atoms with E-state index in [0.29, 0.717) is 45.5 Å². The lowest BCUT2D eigenvalue weighted by atomic mass is 9.94. The molecule has 0 saturated heterocycles. The highest BCUT2D eigenvalue weighted by Gasteiger charge is 2.23. The van der Waals surface area contributed by atoms with Crippen molar-refractivity contribution in [2.75, 3.05) is 20.8 Å². The van der Waals surface area contributed by atoms with Crippen LogP contribution in [0.25, 0.3) is 11.3 Å². The molecule has 8 nitrogen and oxygen atoms in total. The lowest BCUT2D eigenvalue weighted by Gasteiger charge is -2.17. The fourth-order valence-corrected chi connectivity index (χ4v) is 3.74. The average Bonchev–Trinajstić information content (AvgIpc) is 2.94. The van der Waals surface area contributed by atoms with Crippen molar-refractivity contribution in [3.8, 4) is 11.5 Å². The maximum absolute atomic E-state index is 12.5. The van der Waals surface area contributed by atoms with Crippen LogP contribution < -0.4 is 10.6 Å². The van der Waals surface area contributed by atoms with Gasteiger partial charge < -0.3 is 23.9 Å². The first-order valence-electron chi connectivity index (χ1n) is 11.7. The first kappa shape index (κ1) is 28.3. The fourth-order valence-electron chi connectivity index (χ4n) is 3.61. The van der Waals surface area contributed by atoms with Crippen molar-refractivity contribution in [3.05, 3.63) is 106 Å². The topological polar surface area (TPSA) is 102 Å². The molecule has 0 aliphatic rings. The Bertz CT molecular complexity index is 1330. The minimum atomic E-state index is -0.576. The number of carbonyl (C=O) groups is 1. The lowest BCUT2D eigenvalue weighted by Crippen LogP contribution is -2.13. The normalized spacial score (nSPS) is 12.4. The van der Waals surface area contributed by atoms with Gasteiger partial charge in [0, 0.05) is 27.3 Å². The van der Waals surface area contributed by atoms with E-state index in [-0.39, 0.29) is 11.3 Å². The van der Waals surface area contributed by atoms with Gasteiger partial charge in [-0.05, 0) is 62.4 Å². The summed E-state index contributed by atoms with van der Waals surface area (Å²) in [5, 5.41) is 4.96. The first-order chi connectivity index (χ1) is 18.4. The third-order valence-electron chi connectivity index (χ3n) is 5.38. The van der Waals surface area contributed by atoms with Gasteiger partial charge in [0.15, 0.2) is 5.76 Å². The summed E-state index contributed by atoms with van der Waals surface area (Å²) >= 11 is 5.95. The highest BCUT2D eigenvalue weighted by atomic mass is 35.5. The Morgan fingerprint density at radius 1 is 0.947 bits per heavy atom. The van der Waals surface area contributed by atoms with E-state index in [1.165, 1.54) is 20.5 Å². The molecule has 198 valence electrons. The predicted octanol–water partition coefficient (Wildman–Crippen LogP) is 6.35. The Morgan fingerprint density at radius 3 is 2.11 bits per heavy atom. The third kappa shape index (κ3) is 6.94. The van der Waals surface area contributed by atoms with Crippen LogP contribution in [-0.2, 0) is 23.9 Å². The van der Waals surface area contributed by atoms with Gasteiger partial charge in [-0.2, -0.15) is 5.90 Å². The summed E-state index contributed by atoms with van der Waals surface area (Å²) in [6.45, 7) is 3.98. The molecular weight excluding hydrogens is 508 g/mol. The van der Waals surface area contributed by atoms with Crippen molar-refractivity contribution in [3.63, 3.8) is 0 Å². The SMILES string of the molecule is CCON=C(C(C)=C(ON)c1ccccc1C(=COC)C(=O)OC)c1ccc(Oc2ccc(Cl)cc2)cc1. The largest absolute Gasteiger partial charge is 0.503 e. The van der Waals surface area contributed by atoms with Gasteiger partial charge in [-0.3, -0.25) is 0 Å². The highest BCUT2D eigenvalue weighted by molar-refractivity contribution is 6.30. The van der Waals surface area contributed by atoms with Gasteiger partial charge >= 0.3 is 5.97 Å². The molecule has 0 bridgehead atoms. The number of allylic oxidation sites excluding steroid dienone is 1.